The van der Waals surface area contributed by atoms with E-state index in [1.807, 2.05) is 0 Å². The van der Waals surface area contributed by atoms with E-state index in [2.05, 4.69) is 5.32 Å². The molecule has 0 unspecified atom stereocenters. The van der Waals surface area contributed by atoms with Crippen LogP contribution in [-0.2, 0) is 11.2 Å². The molecule has 4 heteroatoms. The minimum Gasteiger partial charge on any atom is -0.343 e. The summed E-state index contributed by atoms with van der Waals surface area (Å²) in [7, 11) is 0. The van der Waals surface area contributed by atoms with E-state index < -0.39 is 5.91 Å². The van der Waals surface area contributed by atoms with Crippen molar-refractivity contribution >= 4 is 5.91 Å². The molecule has 1 aromatic rings. The van der Waals surface area contributed by atoms with Crippen LogP contribution in [0.5, 0.6) is 0 Å². The number of amides is 1. The van der Waals surface area contributed by atoms with E-state index in [9.17, 15) is 9.18 Å². The first-order valence-corrected chi connectivity index (χ1v) is 4.56. The highest BCUT2D eigenvalue weighted by Crippen LogP contribution is 2.09. The molecule has 0 aromatic heterocycles. The maximum absolute atomic E-state index is 12.9. The molecule has 0 aliphatic rings. The van der Waals surface area contributed by atoms with E-state index in [1.54, 1.807) is 19.1 Å². The maximum atomic E-state index is 12.9. The summed E-state index contributed by atoms with van der Waals surface area (Å²) in [5.41, 5.74) is 1.52. The second-order valence-electron chi connectivity index (χ2n) is 3.20. The molecule has 78 valence electrons. The molecule has 15 heavy (non-hydrogen) atoms. The molecule has 0 spiro atoms. The first kappa shape index (κ1) is 11.2. The predicted molar refractivity (Wildman–Crippen MR) is 53.5 cm³/mol. The van der Waals surface area contributed by atoms with Gasteiger partial charge in [-0.1, -0.05) is 12.1 Å². The minimum atomic E-state index is -0.645. The highest BCUT2D eigenvalue weighted by atomic mass is 19.1. The number of carbonyl (C=O) groups is 1. The zero-order valence-corrected chi connectivity index (χ0v) is 8.38. The average Bonchev–Trinajstić information content (AvgIpc) is 2.23. The van der Waals surface area contributed by atoms with Crippen molar-refractivity contribution in [3.8, 4) is 6.07 Å². The number of aryl methyl sites for hydroxylation is 1. The molecule has 1 rings (SSSR count). The van der Waals surface area contributed by atoms with Crippen molar-refractivity contribution in [2.75, 3.05) is 6.54 Å². The molecule has 0 fully saturated rings. The van der Waals surface area contributed by atoms with Crippen molar-refractivity contribution in [3.05, 3.63) is 35.1 Å². The third kappa shape index (κ3) is 3.39. The van der Waals surface area contributed by atoms with Gasteiger partial charge in [0.15, 0.2) is 6.07 Å². The van der Waals surface area contributed by atoms with Crippen LogP contribution in [0.4, 0.5) is 4.39 Å². The molecule has 0 saturated heterocycles. The molecule has 0 atom stereocenters. The molecular formula is C11H11FN2O. The standard InChI is InChI=1S/C11H11FN2O/c1-8-6-9(2-3-10(8)12)4-5-14-11(15)7-13/h2-3,6H,4-5H2,1H3,(H,14,15). The lowest BCUT2D eigenvalue weighted by Crippen LogP contribution is -2.23. The van der Waals surface area contributed by atoms with Crippen molar-refractivity contribution in [1.82, 2.24) is 5.32 Å². The van der Waals surface area contributed by atoms with Gasteiger partial charge in [0.05, 0.1) is 0 Å². The van der Waals surface area contributed by atoms with Crippen LogP contribution < -0.4 is 5.32 Å². The van der Waals surface area contributed by atoms with Gasteiger partial charge in [-0.2, -0.15) is 5.26 Å². The van der Waals surface area contributed by atoms with Crippen molar-refractivity contribution in [2.45, 2.75) is 13.3 Å². The van der Waals surface area contributed by atoms with Crippen molar-refractivity contribution in [1.29, 1.82) is 5.26 Å². The van der Waals surface area contributed by atoms with Gasteiger partial charge >= 0.3 is 5.91 Å². The summed E-state index contributed by atoms with van der Waals surface area (Å²) in [6, 6.07) is 6.26. The van der Waals surface area contributed by atoms with Crippen molar-refractivity contribution in [2.24, 2.45) is 0 Å². The van der Waals surface area contributed by atoms with Gasteiger partial charge in [0.2, 0.25) is 0 Å². The van der Waals surface area contributed by atoms with Gasteiger partial charge in [-0.25, -0.2) is 4.39 Å². The van der Waals surface area contributed by atoms with Crippen LogP contribution in [-0.4, -0.2) is 12.5 Å². The Morgan fingerprint density at radius 1 is 1.60 bits per heavy atom. The van der Waals surface area contributed by atoms with Crippen LogP contribution in [0, 0.1) is 24.1 Å². The quantitative estimate of drug-likeness (QED) is 0.758. The van der Waals surface area contributed by atoms with Gasteiger partial charge < -0.3 is 5.32 Å². The highest BCUT2D eigenvalue weighted by Gasteiger charge is 2.00. The maximum Gasteiger partial charge on any atom is 0.322 e. The normalized spacial score (nSPS) is 9.40. The summed E-state index contributed by atoms with van der Waals surface area (Å²) in [4.78, 5) is 10.6. The molecule has 1 amide bonds. The molecular weight excluding hydrogens is 195 g/mol. The lowest BCUT2D eigenvalue weighted by Gasteiger charge is -2.03. The number of rotatable bonds is 3. The Balaban J connectivity index is 2.49. The fraction of sp³-hybridized carbons (Fsp3) is 0.273. The Bertz CT molecular complexity index is 410. The lowest BCUT2D eigenvalue weighted by molar-refractivity contribution is -0.115. The van der Waals surface area contributed by atoms with Gasteiger partial charge in [-0.15, -0.1) is 0 Å². The Morgan fingerprint density at radius 2 is 2.33 bits per heavy atom. The van der Waals surface area contributed by atoms with Gasteiger partial charge in [-0.3, -0.25) is 4.79 Å². The van der Waals surface area contributed by atoms with Gasteiger partial charge in [-0.05, 0) is 30.5 Å². The number of hydrogen-bond donors (Lipinski definition) is 1. The zero-order chi connectivity index (χ0) is 11.3. The second-order valence-corrected chi connectivity index (χ2v) is 3.20. The molecule has 3 nitrogen and oxygen atoms in total. The molecule has 0 saturated carbocycles. The van der Waals surface area contributed by atoms with Crippen LogP contribution in [0.3, 0.4) is 0 Å². The lowest BCUT2D eigenvalue weighted by atomic mass is 10.1. The fourth-order valence-corrected chi connectivity index (χ4v) is 1.22. The van der Waals surface area contributed by atoms with E-state index in [4.69, 9.17) is 5.26 Å². The Hall–Kier alpha value is -1.89. The molecule has 0 bridgehead atoms. The zero-order valence-electron chi connectivity index (χ0n) is 8.38. The third-order valence-corrected chi connectivity index (χ3v) is 2.02. The van der Waals surface area contributed by atoms with Crippen LogP contribution in [0.25, 0.3) is 0 Å². The van der Waals surface area contributed by atoms with Crippen LogP contribution in [0.15, 0.2) is 18.2 Å². The summed E-state index contributed by atoms with van der Waals surface area (Å²) in [5.74, 6) is -0.881. The predicted octanol–water partition coefficient (Wildman–Crippen LogP) is 1.32. The summed E-state index contributed by atoms with van der Waals surface area (Å²) < 4.78 is 12.9. The largest absolute Gasteiger partial charge is 0.343 e. The van der Waals surface area contributed by atoms with Crippen LogP contribution in [0.2, 0.25) is 0 Å². The summed E-state index contributed by atoms with van der Waals surface area (Å²) in [5, 5.41) is 10.6. The van der Waals surface area contributed by atoms with Gasteiger partial charge in [0.1, 0.15) is 5.82 Å². The van der Waals surface area contributed by atoms with Crippen LogP contribution in [0.1, 0.15) is 11.1 Å². The third-order valence-electron chi connectivity index (χ3n) is 2.02. The van der Waals surface area contributed by atoms with Crippen molar-refractivity contribution < 1.29 is 9.18 Å². The summed E-state index contributed by atoms with van der Waals surface area (Å²) in [6.45, 7) is 2.07. The van der Waals surface area contributed by atoms with E-state index in [0.717, 1.165) is 5.56 Å². The van der Waals surface area contributed by atoms with E-state index >= 15 is 0 Å². The number of carbonyl (C=O) groups excluding carboxylic acids is 1. The highest BCUT2D eigenvalue weighted by molar-refractivity contribution is 5.91. The number of nitrogens with zero attached hydrogens (tertiary/aromatic N) is 1. The first-order chi connectivity index (χ1) is 7.13. The Kier molecular flexibility index (Phi) is 3.81. The van der Waals surface area contributed by atoms with Gasteiger partial charge in [0, 0.05) is 6.54 Å². The van der Waals surface area contributed by atoms with E-state index in [0.29, 0.717) is 18.5 Å². The minimum absolute atomic E-state index is 0.236. The molecule has 1 aromatic carbocycles. The molecule has 1 N–H and O–H groups in total. The van der Waals surface area contributed by atoms with Crippen molar-refractivity contribution in [3.63, 3.8) is 0 Å². The van der Waals surface area contributed by atoms with E-state index in [-0.39, 0.29) is 5.82 Å². The topological polar surface area (TPSA) is 52.9 Å². The van der Waals surface area contributed by atoms with E-state index in [1.165, 1.54) is 12.1 Å². The number of nitriles is 1. The number of halogens is 1. The fourth-order valence-electron chi connectivity index (χ4n) is 1.22. The monoisotopic (exact) mass is 206 g/mol. The summed E-state index contributed by atoms with van der Waals surface area (Å²) in [6.07, 6.45) is 0.592. The molecule has 0 aliphatic carbocycles. The number of hydrogen-bond acceptors (Lipinski definition) is 2. The summed E-state index contributed by atoms with van der Waals surface area (Å²) >= 11 is 0. The SMILES string of the molecule is Cc1cc(CCNC(=O)C#N)ccc1F. The average molecular weight is 206 g/mol. The molecule has 0 heterocycles. The molecule has 0 radical (unpaired) electrons. The number of benzene rings is 1. The molecule has 0 aliphatic heterocycles. The first-order valence-electron chi connectivity index (χ1n) is 4.56. The number of nitrogens with one attached hydrogen (secondary N) is 1. The Morgan fingerprint density at radius 3 is 2.93 bits per heavy atom. The smallest absolute Gasteiger partial charge is 0.322 e. The van der Waals surface area contributed by atoms with Gasteiger partial charge in [0.25, 0.3) is 0 Å². The second kappa shape index (κ2) is 5.11. The Labute approximate surface area is 87.5 Å². The van der Waals surface area contributed by atoms with Crippen LogP contribution >= 0.6 is 0 Å².